The number of carbonyl (C=O) groups excluding carboxylic acids is 1. The molecule has 0 saturated heterocycles. The highest BCUT2D eigenvalue weighted by atomic mass is 16.5. The van der Waals surface area contributed by atoms with Crippen LogP contribution in [0.5, 0.6) is 5.75 Å². The quantitative estimate of drug-likeness (QED) is 0.375. The SMILES string of the molecule is Cc1[nH]n(-c2ccccc2)c(=O)c1/C=N\NC(=O)COc1ccc(C(C)(C)CC(C)(C)C)cc1. The Balaban J connectivity index is 1.55. The summed E-state index contributed by atoms with van der Waals surface area (Å²) < 4.78 is 7.03. The number of aromatic amines is 1. The van der Waals surface area contributed by atoms with Crippen LogP contribution in [0.4, 0.5) is 0 Å². The highest BCUT2D eigenvalue weighted by Gasteiger charge is 2.27. The minimum absolute atomic E-state index is 0.0400. The summed E-state index contributed by atoms with van der Waals surface area (Å²) >= 11 is 0. The monoisotopic (exact) mass is 462 g/mol. The Kier molecular flexibility index (Phi) is 7.44. The number of hydrogen-bond donors (Lipinski definition) is 2. The van der Waals surface area contributed by atoms with Gasteiger partial charge in [-0.3, -0.25) is 14.7 Å². The zero-order valence-electron chi connectivity index (χ0n) is 20.8. The molecule has 0 bridgehead atoms. The number of benzene rings is 2. The second-order valence-corrected chi connectivity index (χ2v) is 10.4. The molecule has 0 aliphatic rings. The number of rotatable bonds is 8. The lowest BCUT2D eigenvalue weighted by Crippen LogP contribution is -2.25. The Bertz CT molecular complexity index is 1200. The van der Waals surface area contributed by atoms with Crippen molar-refractivity contribution in [3.05, 3.63) is 81.8 Å². The zero-order valence-corrected chi connectivity index (χ0v) is 20.8. The molecule has 0 aliphatic heterocycles. The van der Waals surface area contributed by atoms with Gasteiger partial charge in [-0.2, -0.15) is 5.10 Å². The standard InChI is InChI=1S/C27H34N4O3/c1-19-23(25(33)31(30-19)21-10-8-7-9-11-21)16-28-29-24(32)17-34-22-14-12-20(13-15-22)27(5,6)18-26(2,3)4/h7-16,30H,17-18H2,1-6H3,(H,29,32)/b28-16-. The van der Waals surface area contributed by atoms with Crippen molar-refractivity contribution >= 4 is 12.1 Å². The van der Waals surface area contributed by atoms with E-state index in [9.17, 15) is 9.59 Å². The first kappa shape index (κ1) is 25.0. The number of aryl methyl sites for hydroxylation is 1. The number of amides is 1. The molecule has 0 spiro atoms. The van der Waals surface area contributed by atoms with Gasteiger partial charge in [-0.25, -0.2) is 10.1 Å². The maximum atomic E-state index is 12.7. The molecular formula is C27H34N4O3. The molecular weight excluding hydrogens is 428 g/mol. The molecule has 1 aromatic heterocycles. The van der Waals surface area contributed by atoms with Gasteiger partial charge in [-0.15, -0.1) is 0 Å². The molecule has 7 nitrogen and oxygen atoms in total. The summed E-state index contributed by atoms with van der Waals surface area (Å²) in [5.41, 5.74) is 5.41. The van der Waals surface area contributed by atoms with E-state index >= 15 is 0 Å². The smallest absolute Gasteiger partial charge is 0.280 e. The van der Waals surface area contributed by atoms with Gasteiger partial charge < -0.3 is 4.74 Å². The van der Waals surface area contributed by atoms with Crippen LogP contribution in [0.2, 0.25) is 0 Å². The largest absolute Gasteiger partial charge is 0.484 e. The van der Waals surface area contributed by atoms with E-state index < -0.39 is 5.91 Å². The molecule has 34 heavy (non-hydrogen) atoms. The van der Waals surface area contributed by atoms with Gasteiger partial charge in [-0.05, 0) is 54.0 Å². The van der Waals surface area contributed by atoms with Crippen LogP contribution in [0.15, 0.2) is 64.5 Å². The van der Waals surface area contributed by atoms with Gasteiger partial charge in [0.05, 0.1) is 17.5 Å². The summed E-state index contributed by atoms with van der Waals surface area (Å²) in [6, 6.07) is 17.1. The predicted octanol–water partition coefficient (Wildman–Crippen LogP) is 4.72. The summed E-state index contributed by atoms with van der Waals surface area (Å²) in [6.07, 6.45) is 2.40. The van der Waals surface area contributed by atoms with E-state index in [1.54, 1.807) is 6.92 Å². The Morgan fingerprint density at radius 1 is 1.06 bits per heavy atom. The number of nitrogens with zero attached hydrogens (tertiary/aromatic N) is 2. The summed E-state index contributed by atoms with van der Waals surface area (Å²) in [5, 5.41) is 6.94. The minimum atomic E-state index is -0.412. The van der Waals surface area contributed by atoms with Crippen molar-refractivity contribution in [2.45, 2.75) is 53.4 Å². The van der Waals surface area contributed by atoms with E-state index in [4.69, 9.17) is 4.74 Å². The second kappa shape index (κ2) is 10.1. The minimum Gasteiger partial charge on any atom is -0.484 e. The van der Waals surface area contributed by atoms with Crippen molar-refractivity contribution in [2.75, 3.05) is 6.61 Å². The number of nitrogens with one attached hydrogen (secondary N) is 2. The number of hydrogen-bond acceptors (Lipinski definition) is 4. The van der Waals surface area contributed by atoms with Gasteiger partial charge in [-0.1, -0.05) is 65.0 Å². The highest BCUT2D eigenvalue weighted by Crippen LogP contribution is 2.36. The van der Waals surface area contributed by atoms with Crippen LogP contribution in [0, 0.1) is 12.3 Å². The van der Waals surface area contributed by atoms with E-state index in [-0.39, 0.29) is 23.0 Å². The lowest BCUT2D eigenvalue weighted by atomic mass is 9.72. The average molecular weight is 463 g/mol. The molecule has 0 atom stereocenters. The third kappa shape index (κ3) is 6.47. The van der Waals surface area contributed by atoms with Crippen LogP contribution in [-0.4, -0.2) is 28.5 Å². The van der Waals surface area contributed by atoms with Crippen molar-refractivity contribution in [2.24, 2.45) is 10.5 Å². The van der Waals surface area contributed by atoms with E-state index in [0.29, 0.717) is 17.0 Å². The van der Waals surface area contributed by atoms with Crippen LogP contribution in [0.1, 0.15) is 57.9 Å². The lowest BCUT2D eigenvalue weighted by molar-refractivity contribution is -0.123. The summed E-state index contributed by atoms with van der Waals surface area (Å²) in [5.74, 6) is 0.201. The Hall–Kier alpha value is -3.61. The molecule has 3 rings (SSSR count). The second-order valence-electron chi connectivity index (χ2n) is 10.4. The van der Waals surface area contributed by atoms with Gasteiger partial charge in [0, 0.05) is 5.69 Å². The van der Waals surface area contributed by atoms with Crippen molar-refractivity contribution in [1.29, 1.82) is 0 Å². The van der Waals surface area contributed by atoms with Crippen LogP contribution < -0.4 is 15.7 Å². The van der Waals surface area contributed by atoms with E-state index in [1.807, 2.05) is 54.6 Å². The summed E-state index contributed by atoms with van der Waals surface area (Å²) in [4.78, 5) is 24.8. The molecule has 0 unspecified atom stereocenters. The van der Waals surface area contributed by atoms with Gasteiger partial charge >= 0.3 is 0 Å². The van der Waals surface area contributed by atoms with Crippen molar-refractivity contribution in [3.8, 4) is 11.4 Å². The first-order valence-corrected chi connectivity index (χ1v) is 11.4. The molecule has 2 aromatic carbocycles. The zero-order chi connectivity index (χ0) is 24.9. The molecule has 7 heteroatoms. The van der Waals surface area contributed by atoms with E-state index in [1.165, 1.54) is 16.5 Å². The first-order valence-electron chi connectivity index (χ1n) is 11.4. The molecule has 0 radical (unpaired) electrons. The number of para-hydroxylation sites is 1. The van der Waals surface area contributed by atoms with Crippen LogP contribution in [-0.2, 0) is 10.2 Å². The Morgan fingerprint density at radius 3 is 2.32 bits per heavy atom. The lowest BCUT2D eigenvalue weighted by Gasteiger charge is -2.33. The van der Waals surface area contributed by atoms with Crippen molar-refractivity contribution in [3.63, 3.8) is 0 Å². The van der Waals surface area contributed by atoms with Gasteiger partial charge in [0.2, 0.25) is 0 Å². The molecule has 1 heterocycles. The molecule has 0 saturated carbocycles. The first-order chi connectivity index (χ1) is 16.0. The van der Waals surface area contributed by atoms with E-state index in [0.717, 1.165) is 12.1 Å². The molecule has 0 fully saturated rings. The number of hydrazone groups is 1. The fraction of sp³-hybridized carbons (Fsp3) is 0.370. The fourth-order valence-corrected chi connectivity index (χ4v) is 4.25. The topological polar surface area (TPSA) is 88.5 Å². The summed E-state index contributed by atoms with van der Waals surface area (Å²) in [7, 11) is 0. The molecule has 0 aliphatic carbocycles. The maximum absolute atomic E-state index is 12.7. The fourth-order valence-electron chi connectivity index (χ4n) is 4.25. The molecule has 1 amide bonds. The Labute approximate surface area is 200 Å². The van der Waals surface area contributed by atoms with Crippen LogP contribution in [0.3, 0.4) is 0 Å². The molecule has 2 N–H and O–H groups in total. The highest BCUT2D eigenvalue weighted by molar-refractivity contribution is 5.83. The molecule has 3 aromatic rings. The maximum Gasteiger partial charge on any atom is 0.280 e. The predicted molar refractivity (Wildman–Crippen MR) is 136 cm³/mol. The third-order valence-electron chi connectivity index (χ3n) is 5.49. The molecule has 180 valence electrons. The van der Waals surface area contributed by atoms with Gasteiger partial charge in [0.15, 0.2) is 6.61 Å². The van der Waals surface area contributed by atoms with Crippen LogP contribution in [0.25, 0.3) is 5.69 Å². The third-order valence-corrected chi connectivity index (χ3v) is 5.49. The number of H-pyrrole nitrogens is 1. The normalized spacial score (nSPS) is 12.2. The van der Waals surface area contributed by atoms with Crippen LogP contribution >= 0.6 is 0 Å². The number of aromatic nitrogens is 2. The Morgan fingerprint density at radius 2 is 1.71 bits per heavy atom. The van der Waals surface area contributed by atoms with Gasteiger partial charge in [0.25, 0.3) is 11.5 Å². The average Bonchev–Trinajstić information content (AvgIpc) is 3.05. The number of carbonyl (C=O) groups is 1. The van der Waals surface area contributed by atoms with Crippen molar-refractivity contribution in [1.82, 2.24) is 15.2 Å². The van der Waals surface area contributed by atoms with E-state index in [2.05, 4.69) is 50.2 Å². The number of ether oxygens (including phenoxy) is 1. The van der Waals surface area contributed by atoms with Crippen molar-refractivity contribution < 1.29 is 9.53 Å². The summed E-state index contributed by atoms with van der Waals surface area (Å²) in [6.45, 7) is 12.8. The van der Waals surface area contributed by atoms with Gasteiger partial charge in [0.1, 0.15) is 5.75 Å².